The molecule has 1 N–H and O–H groups in total. The van der Waals surface area contributed by atoms with Crippen molar-refractivity contribution in [2.45, 2.75) is 6.92 Å². The molecule has 0 atom stereocenters. The number of furan rings is 1. The van der Waals surface area contributed by atoms with Crippen LogP contribution in [0.5, 0.6) is 0 Å². The normalized spacial score (nSPS) is 11.2. The molecule has 0 unspecified atom stereocenters. The molecule has 1 aromatic carbocycles. The third-order valence-corrected chi connectivity index (χ3v) is 4.88. The van der Waals surface area contributed by atoms with Crippen molar-refractivity contribution in [1.82, 2.24) is 19.7 Å². The molecule has 0 spiro atoms. The molecule has 29 heavy (non-hydrogen) atoms. The van der Waals surface area contributed by atoms with Gasteiger partial charge in [-0.1, -0.05) is 6.07 Å². The highest BCUT2D eigenvalue weighted by Gasteiger charge is 2.20. The third kappa shape index (κ3) is 2.84. The molecule has 142 valence electrons. The average molecular weight is 383 g/mol. The summed E-state index contributed by atoms with van der Waals surface area (Å²) in [5.74, 6) is 0.354. The van der Waals surface area contributed by atoms with Crippen LogP contribution in [0.15, 0.2) is 65.4 Å². The second-order valence-corrected chi connectivity index (χ2v) is 6.77. The van der Waals surface area contributed by atoms with Crippen LogP contribution in [0.2, 0.25) is 0 Å². The molecule has 5 rings (SSSR count). The van der Waals surface area contributed by atoms with Crippen LogP contribution >= 0.6 is 0 Å². The second-order valence-electron chi connectivity index (χ2n) is 6.77. The minimum absolute atomic E-state index is 0.238. The van der Waals surface area contributed by atoms with Crippen molar-refractivity contribution in [1.29, 1.82) is 0 Å². The van der Waals surface area contributed by atoms with Crippen molar-refractivity contribution in [3.8, 4) is 11.5 Å². The Morgan fingerprint density at radius 2 is 2.03 bits per heavy atom. The summed E-state index contributed by atoms with van der Waals surface area (Å²) in [7, 11) is 1.81. The molecule has 1 amide bonds. The number of nitrogens with zero attached hydrogens (tertiary/aromatic N) is 4. The molecule has 0 saturated heterocycles. The number of hydrogen-bond donors (Lipinski definition) is 1. The predicted octanol–water partition coefficient (Wildman–Crippen LogP) is 4.34. The maximum atomic E-state index is 13.3. The Bertz CT molecular complexity index is 1360. The summed E-state index contributed by atoms with van der Waals surface area (Å²) in [5.41, 5.74) is 3.96. The number of carbonyl (C=O) groups is 1. The van der Waals surface area contributed by atoms with Crippen molar-refractivity contribution in [2.24, 2.45) is 7.05 Å². The van der Waals surface area contributed by atoms with E-state index < -0.39 is 0 Å². The van der Waals surface area contributed by atoms with Crippen LogP contribution in [0.4, 0.5) is 5.69 Å². The summed E-state index contributed by atoms with van der Waals surface area (Å²) in [6.45, 7) is 1.87. The van der Waals surface area contributed by atoms with Crippen LogP contribution in [0.1, 0.15) is 16.1 Å². The standard InChI is InChI=1S/C22H17N5O2/c1-13-20-15(12-18(19-9-5-11-29-19)24-21(20)27(2)26-13)22(28)25-17-8-3-7-16-14(17)6-4-10-23-16/h3-12H,1-2H3,(H,25,28). The second kappa shape index (κ2) is 6.56. The zero-order chi connectivity index (χ0) is 20.0. The van der Waals surface area contributed by atoms with Gasteiger partial charge in [0.1, 0.15) is 5.69 Å². The first kappa shape index (κ1) is 17.1. The SMILES string of the molecule is Cc1nn(C)c2nc(-c3ccco3)cc(C(=O)Nc3cccc4ncccc34)c12. The van der Waals surface area contributed by atoms with Gasteiger partial charge in [0, 0.05) is 18.6 Å². The Labute approximate surface area is 166 Å². The largest absolute Gasteiger partial charge is 0.463 e. The average Bonchev–Trinajstić information content (AvgIpc) is 3.36. The molecule has 0 saturated carbocycles. The quantitative estimate of drug-likeness (QED) is 0.501. The highest BCUT2D eigenvalue weighted by molar-refractivity contribution is 6.15. The number of amides is 1. The molecule has 0 aliphatic carbocycles. The fraction of sp³-hybridized carbons (Fsp3) is 0.0909. The van der Waals surface area contributed by atoms with Gasteiger partial charge in [-0.3, -0.25) is 14.5 Å². The zero-order valence-electron chi connectivity index (χ0n) is 15.9. The van der Waals surface area contributed by atoms with Crippen molar-refractivity contribution in [3.63, 3.8) is 0 Å². The number of pyridine rings is 2. The van der Waals surface area contributed by atoms with E-state index in [9.17, 15) is 4.79 Å². The van der Waals surface area contributed by atoms with Gasteiger partial charge in [-0.25, -0.2) is 4.98 Å². The lowest BCUT2D eigenvalue weighted by molar-refractivity contribution is 0.102. The molecule has 0 bridgehead atoms. The third-order valence-electron chi connectivity index (χ3n) is 4.88. The van der Waals surface area contributed by atoms with Crippen molar-refractivity contribution >= 4 is 33.5 Å². The predicted molar refractivity (Wildman–Crippen MR) is 111 cm³/mol. The number of rotatable bonds is 3. The van der Waals surface area contributed by atoms with Gasteiger partial charge in [-0.2, -0.15) is 5.10 Å². The summed E-state index contributed by atoms with van der Waals surface area (Å²) in [6.07, 6.45) is 3.31. The molecular weight excluding hydrogens is 366 g/mol. The van der Waals surface area contributed by atoms with E-state index in [1.165, 1.54) is 0 Å². The summed E-state index contributed by atoms with van der Waals surface area (Å²) in [4.78, 5) is 22.3. The summed E-state index contributed by atoms with van der Waals surface area (Å²) in [5, 5.41) is 9.07. The molecule has 7 nitrogen and oxygen atoms in total. The number of hydrogen-bond acceptors (Lipinski definition) is 5. The summed E-state index contributed by atoms with van der Waals surface area (Å²) in [6, 6.07) is 14.8. The monoisotopic (exact) mass is 383 g/mol. The van der Waals surface area contributed by atoms with Gasteiger partial charge in [0.2, 0.25) is 0 Å². The summed E-state index contributed by atoms with van der Waals surface area (Å²) >= 11 is 0. The van der Waals surface area contributed by atoms with E-state index in [0.717, 1.165) is 22.0 Å². The van der Waals surface area contributed by atoms with Gasteiger partial charge in [-0.05, 0) is 49.4 Å². The van der Waals surface area contributed by atoms with Crippen LogP contribution in [-0.2, 0) is 7.05 Å². The van der Waals surface area contributed by atoms with Gasteiger partial charge in [-0.15, -0.1) is 0 Å². The first-order valence-electron chi connectivity index (χ1n) is 9.15. The highest BCUT2D eigenvalue weighted by atomic mass is 16.3. The Hall–Kier alpha value is -4.00. The van der Waals surface area contributed by atoms with E-state index in [0.29, 0.717) is 28.4 Å². The van der Waals surface area contributed by atoms with Gasteiger partial charge in [0.05, 0.1) is 34.1 Å². The van der Waals surface area contributed by atoms with Crippen LogP contribution in [-0.4, -0.2) is 25.7 Å². The Morgan fingerprint density at radius 1 is 1.14 bits per heavy atom. The van der Waals surface area contributed by atoms with Crippen molar-refractivity contribution in [3.05, 3.63) is 72.2 Å². The molecule has 0 aliphatic heterocycles. The number of aromatic nitrogens is 4. The fourth-order valence-corrected chi connectivity index (χ4v) is 3.58. The van der Waals surface area contributed by atoms with Crippen LogP contribution < -0.4 is 5.32 Å². The van der Waals surface area contributed by atoms with Crippen LogP contribution in [0.3, 0.4) is 0 Å². The summed E-state index contributed by atoms with van der Waals surface area (Å²) < 4.78 is 7.17. The van der Waals surface area contributed by atoms with E-state index in [-0.39, 0.29) is 5.91 Å². The molecule has 4 heterocycles. The van der Waals surface area contributed by atoms with Gasteiger partial charge >= 0.3 is 0 Å². The molecular formula is C22H17N5O2. The first-order chi connectivity index (χ1) is 14.1. The lowest BCUT2D eigenvalue weighted by Gasteiger charge is -2.10. The fourth-order valence-electron chi connectivity index (χ4n) is 3.58. The molecule has 7 heteroatoms. The van der Waals surface area contributed by atoms with E-state index in [2.05, 4.69) is 20.4 Å². The lowest BCUT2D eigenvalue weighted by atomic mass is 10.1. The van der Waals surface area contributed by atoms with E-state index >= 15 is 0 Å². The number of benzene rings is 1. The lowest BCUT2D eigenvalue weighted by Crippen LogP contribution is -2.13. The number of nitrogens with one attached hydrogen (secondary N) is 1. The van der Waals surface area contributed by atoms with Crippen LogP contribution in [0, 0.1) is 6.92 Å². The van der Waals surface area contributed by atoms with E-state index in [1.807, 2.05) is 50.4 Å². The minimum atomic E-state index is -0.238. The van der Waals surface area contributed by atoms with E-state index in [1.54, 1.807) is 29.3 Å². The van der Waals surface area contributed by atoms with E-state index in [4.69, 9.17) is 4.42 Å². The number of anilines is 1. The van der Waals surface area contributed by atoms with Crippen LogP contribution in [0.25, 0.3) is 33.4 Å². The minimum Gasteiger partial charge on any atom is -0.463 e. The smallest absolute Gasteiger partial charge is 0.256 e. The van der Waals surface area contributed by atoms with Gasteiger partial charge < -0.3 is 9.73 Å². The maximum Gasteiger partial charge on any atom is 0.256 e. The topological polar surface area (TPSA) is 85.8 Å². The molecule has 5 aromatic rings. The molecule has 4 aromatic heterocycles. The first-order valence-corrected chi connectivity index (χ1v) is 9.15. The Morgan fingerprint density at radius 3 is 2.86 bits per heavy atom. The molecule has 0 fully saturated rings. The molecule has 0 radical (unpaired) electrons. The number of carbonyl (C=O) groups excluding carboxylic acids is 1. The maximum absolute atomic E-state index is 13.3. The highest BCUT2D eigenvalue weighted by Crippen LogP contribution is 2.29. The van der Waals surface area contributed by atoms with Crippen molar-refractivity contribution < 1.29 is 9.21 Å². The van der Waals surface area contributed by atoms with Crippen molar-refractivity contribution in [2.75, 3.05) is 5.32 Å². The Kier molecular flexibility index (Phi) is 3.87. The zero-order valence-corrected chi connectivity index (χ0v) is 15.9. The molecule has 0 aliphatic rings. The number of aryl methyl sites for hydroxylation is 2. The van der Waals surface area contributed by atoms with Gasteiger partial charge in [0.25, 0.3) is 5.91 Å². The van der Waals surface area contributed by atoms with Gasteiger partial charge in [0.15, 0.2) is 11.4 Å². The number of fused-ring (bicyclic) bond motifs is 2. The Balaban J connectivity index is 1.66.